The van der Waals surface area contributed by atoms with Gasteiger partial charge in [-0.3, -0.25) is 0 Å². The second-order valence-corrected chi connectivity index (χ2v) is 5.20. The van der Waals surface area contributed by atoms with Crippen LogP contribution in [0, 0.1) is 5.92 Å². The van der Waals surface area contributed by atoms with Crippen molar-refractivity contribution in [2.24, 2.45) is 5.92 Å². The second kappa shape index (κ2) is 6.09. The molecule has 2 N–H and O–H groups in total. The van der Waals surface area contributed by atoms with E-state index in [0.717, 1.165) is 44.0 Å². The average molecular weight is 289 g/mol. The van der Waals surface area contributed by atoms with Crippen LogP contribution >= 0.6 is 0 Å². The number of anilines is 1. The minimum absolute atomic E-state index is 0.578. The minimum Gasteiger partial charge on any atom is -0.495 e. The quantitative estimate of drug-likeness (QED) is 0.836. The number of nitrogens with two attached hydrogens (primary N) is 1. The summed E-state index contributed by atoms with van der Waals surface area (Å²) in [6.45, 7) is 2.48. The Morgan fingerprint density at radius 2 is 2.38 bits per heavy atom. The third-order valence-electron chi connectivity index (χ3n) is 3.79. The van der Waals surface area contributed by atoms with Crippen molar-refractivity contribution in [2.75, 3.05) is 26.1 Å². The Morgan fingerprint density at radius 1 is 1.48 bits per heavy atom. The van der Waals surface area contributed by atoms with E-state index in [4.69, 9.17) is 15.2 Å². The highest BCUT2D eigenvalue weighted by molar-refractivity contribution is 5.66. The molecule has 1 atom stereocenters. The minimum atomic E-state index is 0.578. The van der Waals surface area contributed by atoms with Crippen LogP contribution in [-0.4, -0.2) is 40.5 Å². The molecule has 0 aliphatic carbocycles. The highest BCUT2D eigenvalue weighted by Gasteiger charge is 2.17. The average Bonchev–Trinajstić information content (AvgIpc) is 3.16. The zero-order valence-corrected chi connectivity index (χ0v) is 12.0. The first-order chi connectivity index (χ1) is 10.3. The zero-order valence-electron chi connectivity index (χ0n) is 12.0. The maximum absolute atomic E-state index is 5.94. The van der Waals surface area contributed by atoms with Gasteiger partial charge >= 0.3 is 0 Å². The Kier molecular flexibility index (Phi) is 4.01. The first kappa shape index (κ1) is 13.8. The Balaban J connectivity index is 1.76. The fourth-order valence-electron chi connectivity index (χ4n) is 2.55. The summed E-state index contributed by atoms with van der Waals surface area (Å²) < 4.78 is 12.4. The van der Waals surface area contributed by atoms with Gasteiger partial charge in [-0.05, 0) is 47.4 Å². The normalized spacial score (nSPS) is 18.0. The molecule has 0 saturated carbocycles. The number of benzene rings is 1. The lowest BCUT2D eigenvalue weighted by atomic mass is 10.1. The van der Waals surface area contributed by atoms with E-state index < -0.39 is 0 Å². The van der Waals surface area contributed by atoms with E-state index in [1.807, 2.05) is 22.9 Å². The molecule has 1 unspecified atom stereocenters. The molecule has 0 radical (unpaired) electrons. The van der Waals surface area contributed by atoms with E-state index in [9.17, 15) is 0 Å². The first-order valence-corrected chi connectivity index (χ1v) is 7.05. The van der Waals surface area contributed by atoms with E-state index in [1.165, 1.54) is 0 Å². The van der Waals surface area contributed by atoms with Crippen molar-refractivity contribution < 1.29 is 9.47 Å². The Morgan fingerprint density at radius 3 is 3.10 bits per heavy atom. The molecule has 2 heterocycles. The van der Waals surface area contributed by atoms with Crippen LogP contribution < -0.4 is 10.5 Å². The van der Waals surface area contributed by atoms with Gasteiger partial charge in [0.05, 0.1) is 12.8 Å². The Labute approximate surface area is 123 Å². The summed E-state index contributed by atoms with van der Waals surface area (Å²) in [6, 6.07) is 5.57. The molecule has 1 aliphatic heterocycles. The number of aryl methyl sites for hydroxylation is 1. The fourth-order valence-corrected chi connectivity index (χ4v) is 2.55. The van der Waals surface area contributed by atoms with Gasteiger partial charge in [-0.25, -0.2) is 4.68 Å². The van der Waals surface area contributed by atoms with Crippen LogP contribution in [0.2, 0.25) is 0 Å². The molecular weight excluding hydrogens is 270 g/mol. The molecule has 1 fully saturated rings. The van der Waals surface area contributed by atoms with E-state index in [0.29, 0.717) is 17.4 Å². The molecule has 7 nitrogen and oxygen atoms in total. The summed E-state index contributed by atoms with van der Waals surface area (Å²) in [5.41, 5.74) is 7.41. The van der Waals surface area contributed by atoms with Crippen LogP contribution in [0.25, 0.3) is 11.4 Å². The predicted octanol–water partition coefficient (Wildman–Crippen LogP) is 1.36. The molecule has 0 amide bonds. The third kappa shape index (κ3) is 2.97. The Hall–Kier alpha value is -2.15. The summed E-state index contributed by atoms with van der Waals surface area (Å²) in [5, 5.41) is 11.9. The number of aromatic nitrogens is 4. The van der Waals surface area contributed by atoms with Crippen LogP contribution in [0.3, 0.4) is 0 Å². The Bertz CT molecular complexity index is 607. The van der Waals surface area contributed by atoms with Crippen LogP contribution in [0.1, 0.15) is 12.8 Å². The van der Waals surface area contributed by atoms with Gasteiger partial charge in [-0.15, -0.1) is 5.10 Å². The van der Waals surface area contributed by atoms with Gasteiger partial charge in [0.15, 0.2) is 5.82 Å². The molecule has 3 rings (SSSR count). The molecule has 1 aromatic carbocycles. The summed E-state index contributed by atoms with van der Waals surface area (Å²) in [7, 11) is 1.60. The SMILES string of the molecule is COc1ccc(-c2nnnn2CCC2CCOC2)cc1N. The lowest BCUT2D eigenvalue weighted by molar-refractivity contribution is 0.183. The number of nitrogen functional groups attached to an aromatic ring is 1. The zero-order chi connectivity index (χ0) is 14.7. The van der Waals surface area contributed by atoms with Crippen LogP contribution in [0.4, 0.5) is 5.69 Å². The van der Waals surface area contributed by atoms with E-state index in [1.54, 1.807) is 7.11 Å². The summed E-state index contributed by atoms with van der Waals surface area (Å²) in [6.07, 6.45) is 2.14. The van der Waals surface area contributed by atoms with Crippen molar-refractivity contribution in [3.8, 4) is 17.1 Å². The number of rotatable bonds is 5. The van der Waals surface area contributed by atoms with Crippen molar-refractivity contribution >= 4 is 5.69 Å². The van der Waals surface area contributed by atoms with Gasteiger partial charge < -0.3 is 15.2 Å². The maximum atomic E-state index is 5.94. The molecule has 2 aromatic rings. The van der Waals surface area contributed by atoms with Crippen molar-refractivity contribution in [2.45, 2.75) is 19.4 Å². The molecule has 1 aromatic heterocycles. The number of hydrogen-bond acceptors (Lipinski definition) is 6. The van der Waals surface area contributed by atoms with Crippen LogP contribution in [0.5, 0.6) is 5.75 Å². The van der Waals surface area contributed by atoms with Crippen LogP contribution in [-0.2, 0) is 11.3 Å². The first-order valence-electron chi connectivity index (χ1n) is 7.05. The third-order valence-corrected chi connectivity index (χ3v) is 3.79. The lowest BCUT2D eigenvalue weighted by Gasteiger charge is -2.10. The van der Waals surface area contributed by atoms with Crippen molar-refractivity contribution in [1.29, 1.82) is 0 Å². The largest absolute Gasteiger partial charge is 0.495 e. The maximum Gasteiger partial charge on any atom is 0.182 e. The van der Waals surface area contributed by atoms with Gasteiger partial charge in [0.25, 0.3) is 0 Å². The fraction of sp³-hybridized carbons (Fsp3) is 0.500. The summed E-state index contributed by atoms with van der Waals surface area (Å²) in [5.74, 6) is 1.98. The number of methoxy groups -OCH3 is 1. The van der Waals surface area contributed by atoms with Gasteiger partial charge in [-0.2, -0.15) is 0 Å². The highest BCUT2D eigenvalue weighted by atomic mass is 16.5. The summed E-state index contributed by atoms with van der Waals surface area (Å²) >= 11 is 0. The highest BCUT2D eigenvalue weighted by Crippen LogP contribution is 2.27. The van der Waals surface area contributed by atoms with E-state index in [-0.39, 0.29) is 0 Å². The number of ether oxygens (including phenoxy) is 2. The molecule has 1 saturated heterocycles. The van der Waals surface area contributed by atoms with E-state index in [2.05, 4.69) is 15.5 Å². The van der Waals surface area contributed by atoms with Crippen molar-refractivity contribution in [3.63, 3.8) is 0 Å². The van der Waals surface area contributed by atoms with Gasteiger partial charge in [0.2, 0.25) is 0 Å². The predicted molar refractivity (Wildman–Crippen MR) is 77.8 cm³/mol. The van der Waals surface area contributed by atoms with Gasteiger partial charge in [0.1, 0.15) is 5.75 Å². The van der Waals surface area contributed by atoms with Gasteiger partial charge in [0, 0.05) is 25.3 Å². The molecule has 7 heteroatoms. The topological polar surface area (TPSA) is 88.1 Å². The molecule has 0 bridgehead atoms. The number of hydrogen-bond donors (Lipinski definition) is 1. The van der Waals surface area contributed by atoms with Gasteiger partial charge in [-0.1, -0.05) is 0 Å². The molecule has 21 heavy (non-hydrogen) atoms. The molecule has 112 valence electrons. The van der Waals surface area contributed by atoms with Crippen molar-refractivity contribution in [3.05, 3.63) is 18.2 Å². The second-order valence-electron chi connectivity index (χ2n) is 5.20. The molecule has 0 spiro atoms. The van der Waals surface area contributed by atoms with Crippen LogP contribution in [0.15, 0.2) is 18.2 Å². The summed E-state index contributed by atoms with van der Waals surface area (Å²) in [4.78, 5) is 0. The number of tetrazole rings is 1. The number of nitrogens with zero attached hydrogens (tertiary/aromatic N) is 4. The van der Waals surface area contributed by atoms with E-state index >= 15 is 0 Å². The molecule has 1 aliphatic rings. The van der Waals surface area contributed by atoms with Crippen molar-refractivity contribution in [1.82, 2.24) is 20.2 Å². The molecular formula is C14H19N5O2. The lowest BCUT2D eigenvalue weighted by Crippen LogP contribution is -2.09. The monoisotopic (exact) mass is 289 g/mol. The smallest absolute Gasteiger partial charge is 0.182 e. The standard InChI is InChI=1S/C14H19N5O2/c1-20-13-3-2-11(8-12(13)15)14-16-17-18-19(14)6-4-10-5-7-21-9-10/h2-3,8,10H,4-7,9,15H2,1H3.